The molecule has 38 heavy (non-hydrogen) atoms. The molecule has 2 aliphatic rings. The Hall–Kier alpha value is -2.51. The van der Waals surface area contributed by atoms with Crippen LogP contribution < -0.4 is 0 Å². The molecule has 6 nitrogen and oxygen atoms in total. The Balaban J connectivity index is 1.52. The van der Waals surface area contributed by atoms with E-state index >= 15 is 0 Å². The van der Waals surface area contributed by atoms with E-state index in [1.54, 1.807) is 0 Å². The number of aryl methyl sites for hydroxylation is 1. The van der Waals surface area contributed by atoms with Crippen molar-refractivity contribution in [2.24, 2.45) is 22.0 Å². The first-order valence-electron chi connectivity index (χ1n) is 14.1. The normalized spacial score (nSPS) is 20.7. The third-order valence-corrected chi connectivity index (χ3v) is 8.72. The number of pyridine rings is 1. The minimum Gasteiger partial charge on any atom is -0.466 e. The molecule has 204 valence electrons. The van der Waals surface area contributed by atoms with Crippen LogP contribution in [-0.4, -0.2) is 39.8 Å². The Morgan fingerprint density at radius 2 is 2.03 bits per heavy atom. The van der Waals surface area contributed by atoms with Crippen LogP contribution in [0.2, 0.25) is 0 Å². The molecule has 0 amide bonds. The maximum atomic E-state index is 12.6. The van der Waals surface area contributed by atoms with Crippen molar-refractivity contribution in [3.05, 3.63) is 58.9 Å². The maximum absolute atomic E-state index is 12.6. The molecule has 2 aromatic rings. The van der Waals surface area contributed by atoms with E-state index in [-0.39, 0.29) is 11.9 Å². The van der Waals surface area contributed by atoms with Gasteiger partial charge in [-0.3, -0.25) is 9.78 Å². The number of esters is 1. The minimum atomic E-state index is -0.133. The molecule has 1 aromatic heterocycles. The summed E-state index contributed by atoms with van der Waals surface area (Å²) in [6, 6.07) is 10.9. The highest BCUT2D eigenvalue weighted by Gasteiger charge is 2.24. The molecule has 4 rings (SSSR count). The van der Waals surface area contributed by atoms with Gasteiger partial charge in [-0.1, -0.05) is 39.0 Å². The quantitative estimate of drug-likeness (QED) is 0.239. The topological polar surface area (TPSA) is 67.2 Å². The molecule has 3 atom stereocenters. The van der Waals surface area contributed by atoms with Gasteiger partial charge in [0, 0.05) is 41.5 Å². The second kappa shape index (κ2) is 13.5. The van der Waals surface area contributed by atoms with Gasteiger partial charge in [0.1, 0.15) is 0 Å². The van der Waals surface area contributed by atoms with Crippen LogP contribution in [0.25, 0.3) is 0 Å². The molecule has 0 bridgehead atoms. The van der Waals surface area contributed by atoms with Crippen molar-refractivity contribution < 1.29 is 9.53 Å². The summed E-state index contributed by atoms with van der Waals surface area (Å²) in [4.78, 5) is 18.5. The van der Waals surface area contributed by atoms with E-state index in [2.05, 4.69) is 71.5 Å². The first kappa shape index (κ1) is 28.5. The average Bonchev–Trinajstić information content (AvgIpc) is 3.05. The van der Waals surface area contributed by atoms with Crippen molar-refractivity contribution in [3.63, 3.8) is 0 Å². The largest absolute Gasteiger partial charge is 0.466 e. The second-order valence-corrected chi connectivity index (χ2v) is 12.0. The van der Waals surface area contributed by atoms with Gasteiger partial charge in [0.2, 0.25) is 0 Å². The number of hydrogen-bond donors (Lipinski definition) is 0. The molecule has 0 N–H and O–H groups in total. The molecule has 3 unspecified atom stereocenters. The molecule has 0 saturated carbocycles. The van der Waals surface area contributed by atoms with Crippen molar-refractivity contribution in [1.82, 2.24) is 9.29 Å². The Kier molecular flexibility index (Phi) is 10.1. The summed E-state index contributed by atoms with van der Waals surface area (Å²) in [5.74, 6) is 0.929. The average molecular weight is 535 g/mol. The van der Waals surface area contributed by atoms with E-state index in [1.165, 1.54) is 33.0 Å². The predicted molar refractivity (Wildman–Crippen MR) is 157 cm³/mol. The highest BCUT2D eigenvalue weighted by Crippen LogP contribution is 2.34. The summed E-state index contributed by atoms with van der Waals surface area (Å²) < 4.78 is 7.82. The lowest BCUT2D eigenvalue weighted by Crippen LogP contribution is -2.22. The maximum Gasteiger partial charge on any atom is 0.306 e. The molecular weight excluding hydrogens is 492 g/mol. The number of benzene rings is 1. The number of aromatic nitrogens is 1. The van der Waals surface area contributed by atoms with Crippen molar-refractivity contribution >= 4 is 29.3 Å². The first-order chi connectivity index (χ1) is 18.4. The van der Waals surface area contributed by atoms with E-state index in [0.29, 0.717) is 24.9 Å². The van der Waals surface area contributed by atoms with Gasteiger partial charge in [0.15, 0.2) is 0 Å². The highest BCUT2D eigenvalue weighted by atomic mass is 32.2. The summed E-state index contributed by atoms with van der Waals surface area (Å²) in [6.07, 6.45) is 6.90. The lowest BCUT2D eigenvalue weighted by Gasteiger charge is -2.24. The van der Waals surface area contributed by atoms with Crippen molar-refractivity contribution in [2.45, 2.75) is 90.5 Å². The number of nitrogens with zero attached hydrogens (tertiary/aromatic N) is 4. The van der Waals surface area contributed by atoms with Crippen LogP contribution in [0.1, 0.15) is 88.1 Å². The van der Waals surface area contributed by atoms with Gasteiger partial charge in [-0.05, 0) is 98.6 Å². The SMILES string of the molecule is CCOC(=O)CC(CCC1=NN=C(CC)C(C)C1)c1ccc(C)c(CN2CC(C)Cc3ncccc3S2)c1. The zero-order chi connectivity index (χ0) is 27.1. The van der Waals surface area contributed by atoms with Gasteiger partial charge in [-0.25, -0.2) is 4.31 Å². The van der Waals surface area contributed by atoms with Crippen LogP contribution in [0.5, 0.6) is 0 Å². The smallest absolute Gasteiger partial charge is 0.306 e. The van der Waals surface area contributed by atoms with E-state index in [1.807, 2.05) is 31.1 Å². The lowest BCUT2D eigenvalue weighted by atomic mass is 9.86. The van der Waals surface area contributed by atoms with Crippen molar-refractivity contribution in [1.29, 1.82) is 0 Å². The van der Waals surface area contributed by atoms with E-state index in [4.69, 9.17) is 4.74 Å². The Morgan fingerprint density at radius 1 is 1.18 bits per heavy atom. The summed E-state index contributed by atoms with van der Waals surface area (Å²) in [5.41, 5.74) is 7.31. The second-order valence-electron chi connectivity index (χ2n) is 10.8. The predicted octanol–water partition coefficient (Wildman–Crippen LogP) is 7.16. The number of rotatable bonds is 10. The monoisotopic (exact) mass is 534 g/mol. The van der Waals surface area contributed by atoms with Crippen LogP contribution in [0.15, 0.2) is 51.6 Å². The summed E-state index contributed by atoms with van der Waals surface area (Å²) in [5, 5.41) is 9.00. The van der Waals surface area contributed by atoms with Gasteiger partial charge in [-0.15, -0.1) is 0 Å². The third-order valence-electron chi connectivity index (χ3n) is 7.62. The molecular formula is C31H42N4O2S. The van der Waals surface area contributed by atoms with Gasteiger partial charge in [-0.2, -0.15) is 10.2 Å². The van der Waals surface area contributed by atoms with Crippen molar-refractivity contribution in [3.8, 4) is 0 Å². The molecule has 1 aromatic carbocycles. The van der Waals surface area contributed by atoms with Crippen LogP contribution in [0, 0.1) is 18.8 Å². The highest BCUT2D eigenvalue weighted by molar-refractivity contribution is 7.97. The molecule has 0 spiro atoms. The molecule has 2 aliphatic heterocycles. The molecule has 3 heterocycles. The minimum absolute atomic E-state index is 0.0867. The molecule has 0 radical (unpaired) electrons. The van der Waals surface area contributed by atoms with Gasteiger partial charge in [0.05, 0.1) is 18.7 Å². The van der Waals surface area contributed by atoms with Gasteiger partial charge in [0.25, 0.3) is 0 Å². The van der Waals surface area contributed by atoms with Crippen LogP contribution >= 0.6 is 11.9 Å². The molecule has 0 saturated heterocycles. The van der Waals surface area contributed by atoms with Crippen LogP contribution in [-0.2, 0) is 22.5 Å². The number of carbonyl (C=O) groups is 1. The summed E-state index contributed by atoms with van der Waals surface area (Å²) >= 11 is 1.82. The van der Waals surface area contributed by atoms with Crippen LogP contribution in [0.4, 0.5) is 0 Å². The summed E-state index contributed by atoms with van der Waals surface area (Å²) in [7, 11) is 0. The number of carbonyl (C=O) groups excluding carboxylic acids is 1. The molecule has 7 heteroatoms. The third kappa shape index (κ3) is 7.54. The fraction of sp³-hybridized carbons (Fsp3) is 0.548. The summed E-state index contributed by atoms with van der Waals surface area (Å²) in [6.45, 7) is 13.0. The molecule has 0 aliphatic carbocycles. The standard InChI is InChI=1S/C31H42N4O2S/c1-6-28-23(5)16-27(33-34-28)13-12-25(18-31(36)37-7-2)24-11-10-22(4)26(17-24)20-35-19-21(3)15-29-30(38-35)9-8-14-32-29/h8-11,14,17,21,23,25H,6-7,12-13,15-16,18-20H2,1-5H3. The fourth-order valence-corrected chi connectivity index (χ4v) is 6.64. The van der Waals surface area contributed by atoms with E-state index in [9.17, 15) is 4.79 Å². The van der Waals surface area contributed by atoms with Crippen molar-refractivity contribution in [2.75, 3.05) is 13.2 Å². The fourth-order valence-electron chi connectivity index (χ4n) is 5.45. The Morgan fingerprint density at radius 3 is 2.79 bits per heavy atom. The van der Waals surface area contributed by atoms with Gasteiger partial charge < -0.3 is 4.74 Å². The zero-order valence-electron chi connectivity index (χ0n) is 23.6. The lowest BCUT2D eigenvalue weighted by molar-refractivity contribution is -0.143. The first-order valence-corrected chi connectivity index (χ1v) is 14.9. The van der Waals surface area contributed by atoms with E-state index in [0.717, 1.165) is 50.9 Å². The molecule has 0 fully saturated rings. The Labute approximate surface area is 232 Å². The number of fused-ring (bicyclic) bond motifs is 1. The van der Waals surface area contributed by atoms with E-state index < -0.39 is 0 Å². The zero-order valence-corrected chi connectivity index (χ0v) is 24.4. The number of ether oxygens (including phenoxy) is 1. The van der Waals surface area contributed by atoms with Gasteiger partial charge >= 0.3 is 5.97 Å². The Bertz CT molecular complexity index is 1180. The van der Waals surface area contributed by atoms with Crippen LogP contribution in [0.3, 0.4) is 0 Å². The number of hydrogen-bond acceptors (Lipinski definition) is 7.